The van der Waals surface area contributed by atoms with Crippen LogP contribution in [0.4, 0.5) is 0 Å². The van der Waals surface area contributed by atoms with Crippen LogP contribution in [-0.2, 0) is 16.2 Å². The first-order valence-electron chi connectivity index (χ1n) is 11.1. The van der Waals surface area contributed by atoms with Gasteiger partial charge >= 0.3 is 16.9 Å². The van der Waals surface area contributed by atoms with Crippen molar-refractivity contribution in [3.05, 3.63) is 71.6 Å². The second-order valence-corrected chi connectivity index (χ2v) is 11.0. The van der Waals surface area contributed by atoms with Gasteiger partial charge in [0.15, 0.2) is 6.29 Å². The summed E-state index contributed by atoms with van der Waals surface area (Å²) in [6, 6.07) is 1.47. The summed E-state index contributed by atoms with van der Waals surface area (Å²) in [4.78, 5) is 43.1. The Bertz CT molecular complexity index is 1290. The van der Waals surface area contributed by atoms with Crippen molar-refractivity contribution in [3.8, 4) is 0 Å². The van der Waals surface area contributed by atoms with Crippen LogP contribution in [0.5, 0.6) is 0 Å². The van der Waals surface area contributed by atoms with Gasteiger partial charge in [-0.05, 0) is 13.0 Å². The predicted octanol–water partition coefficient (Wildman–Crippen LogP) is 4.64. The fourth-order valence-corrected chi connectivity index (χ4v) is 2.81. The fourth-order valence-electron chi connectivity index (χ4n) is 2.81. The third-order valence-electron chi connectivity index (χ3n) is 4.75. The summed E-state index contributed by atoms with van der Waals surface area (Å²) in [6.07, 6.45) is 4.11. The Morgan fingerprint density at radius 2 is 1.14 bits per heavy atom. The standard InChI is InChI=1S/C10H15NO2.C8H11NO3.C7H11NO2/c1-5-6-7-8(10(2,3)4)11-13-9(7)12;1-8(2,3)6-5(4-10)7(11)12-9-6;1-7(2,3)5-4-6(9)10-8-5/h5-6,11H,1-4H3;4,9H,1-3H3;4,8H,1-3H3/b6-5+;;. The molecule has 0 aromatic carbocycles. The second-order valence-electron chi connectivity index (χ2n) is 11.0. The highest BCUT2D eigenvalue weighted by Gasteiger charge is 2.23. The fraction of sp³-hybridized carbons (Fsp3) is 0.520. The molecule has 0 fully saturated rings. The van der Waals surface area contributed by atoms with Crippen LogP contribution in [0.15, 0.2) is 40.1 Å². The highest BCUT2D eigenvalue weighted by atomic mass is 16.5. The molecule has 0 aliphatic rings. The molecule has 3 N–H and O–H groups in total. The van der Waals surface area contributed by atoms with Gasteiger partial charge in [-0.2, -0.15) is 0 Å². The van der Waals surface area contributed by atoms with Crippen molar-refractivity contribution in [3.63, 3.8) is 0 Å². The minimum Gasteiger partial charge on any atom is -0.339 e. The molecule has 3 aromatic heterocycles. The van der Waals surface area contributed by atoms with E-state index in [2.05, 4.69) is 24.5 Å². The van der Waals surface area contributed by atoms with Crippen LogP contribution < -0.4 is 16.9 Å². The number of H-pyrrole nitrogens is 3. The van der Waals surface area contributed by atoms with E-state index >= 15 is 0 Å². The summed E-state index contributed by atoms with van der Waals surface area (Å²) in [5, 5.41) is 7.66. The first-order valence-corrected chi connectivity index (χ1v) is 11.1. The number of aromatic amines is 3. The molecule has 10 heteroatoms. The van der Waals surface area contributed by atoms with Crippen LogP contribution in [0.25, 0.3) is 6.08 Å². The Labute approximate surface area is 203 Å². The minimum absolute atomic E-state index is 0.0356. The maximum atomic E-state index is 11.2. The minimum atomic E-state index is -0.602. The third-order valence-corrected chi connectivity index (χ3v) is 4.75. The number of aldehydes is 1. The first kappa shape index (κ1) is 29.5. The van der Waals surface area contributed by atoms with E-state index in [1.165, 1.54) is 6.07 Å². The summed E-state index contributed by atoms with van der Waals surface area (Å²) < 4.78 is 13.8. The van der Waals surface area contributed by atoms with Crippen LogP contribution in [0.1, 0.15) is 102 Å². The van der Waals surface area contributed by atoms with Gasteiger partial charge in [-0.25, -0.2) is 29.9 Å². The summed E-state index contributed by atoms with van der Waals surface area (Å²) in [7, 11) is 0. The molecule has 0 saturated carbocycles. The lowest BCUT2D eigenvalue weighted by molar-refractivity contribution is 0.111. The van der Waals surface area contributed by atoms with Crippen molar-refractivity contribution >= 4 is 12.4 Å². The zero-order chi connectivity index (χ0) is 27.2. The molecular formula is C25H37N3O7. The molecule has 35 heavy (non-hydrogen) atoms. The maximum Gasteiger partial charge on any atom is 0.367 e. The maximum absolute atomic E-state index is 11.2. The largest absolute Gasteiger partial charge is 0.367 e. The molecule has 3 heterocycles. The molecule has 10 nitrogen and oxygen atoms in total. The van der Waals surface area contributed by atoms with E-state index in [0.717, 1.165) is 11.4 Å². The van der Waals surface area contributed by atoms with Gasteiger partial charge in [-0.15, -0.1) is 0 Å². The Hall–Kier alpha value is -3.56. The molecule has 3 aromatic rings. The molecule has 0 amide bonds. The van der Waals surface area contributed by atoms with Crippen molar-refractivity contribution in [2.24, 2.45) is 0 Å². The van der Waals surface area contributed by atoms with Gasteiger partial charge in [-0.3, -0.25) is 4.79 Å². The van der Waals surface area contributed by atoms with E-state index < -0.39 is 5.63 Å². The highest BCUT2D eigenvalue weighted by Crippen LogP contribution is 2.23. The Morgan fingerprint density at radius 1 is 0.686 bits per heavy atom. The summed E-state index contributed by atoms with van der Waals surface area (Å²) in [5.41, 5.74) is 1.30. The van der Waals surface area contributed by atoms with Gasteiger partial charge in [0, 0.05) is 22.3 Å². The molecule has 0 unspecified atom stereocenters. The monoisotopic (exact) mass is 491 g/mol. The van der Waals surface area contributed by atoms with Gasteiger partial charge in [-0.1, -0.05) is 68.4 Å². The van der Waals surface area contributed by atoms with Gasteiger partial charge < -0.3 is 13.6 Å². The van der Waals surface area contributed by atoms with Crippen molar-refractivity contribution in [1.82, 2.24) is 15.5 Å². The van der Waals surface area contributed by atoms with Crippen LogP contribution in [0, 0.1) is 0 Å². The van der Waals surface area contributed by atoms with E-state index in [-0.39, 0.29) is 33.1 Å². The average molecular weight is 492 g/mol. The number of aromatic nitrogens is 3. The van der Waals surface area contributed by atoms with E-state index in [1.807, 2.05) is 75.3 Å². The lowest BCUT2D eigenvalue weighted by Crippen LogP contribution is -2.16. The lowest BCUT2D eigenvalue weighted by Gasteiger charge is -2.15. The molecule has 3 rings (SSSR count). The van der Waals surface area contributed by atoms with E-state index in [0.29, 0.717) is 17.5 Å². The quantitative estimate of drug-likeness (QED) is 0.441. The van der Waals surface area contributed by atoms with Crippen LogP contribution >= 0.6 is 0 Å². The van der Waals surface area contributed by atoms with Crippen molar-refractivity contribution in [2.45, 2.75) is 85.5 Å². The van der Waals surface area contributed by atoms with Gasteiger partial charge in [0.1, 0.15) is 5.56 Å². The van der Waals surface area contributed by atoms with E-state index in [4.69, 9.17) is 4.52 Å². The molecular weight excluding hydrogens is 454 g/mol. The summed E-state index contributed by atoms with van der Waals surface area (Å²) >= 11 is 0. The molecule has 0 atom stereocenters. The Balaban J connectivity index is 0.000000265. The summed E-state index contributed by atoms with van der Waals surface area (Å²) in [5.74, 6) is 0. The van der Waals surface area contributed by atoms with Crippen LogP contribution in [-0.4, -0.2) is 21.8 Å². The smallest absolute Gasteiger partial charge is 0.339 e. The Kier molecular flexibility index (Phi) is 9.47. The van der Waals surface area contributed by atoms with E-state index in [9.17, 15) is 19.2 Å². The van der Waals surface area contributed by atoms with Gasteiger partial charge in [0.2, 0.25) is 0 Å². The van der Waals surface area contributed by atoms with Crippen LogP contribution in [0.3, 0.4) is 0 Å². The van der Waals surface area contributed by atoms with Crippen molar-refractivity contribution in [2.75, 3.05) is 0 Å². The highest BCUT2D eigenvalue weighted by molar-refractivity contribution is 5.76. The van der Waals surface area contributed by atoms with Gasteiger partial charge in [0.05, 0.1) is 22.6 Å². The van der Waals surface area contributed by atoms with Crippen molar-refractivity contribution in [1.29, 1.82) is 0 Å². The summed E-state index contributed by atoms with van der Waals surface area (Å²) in [6.45, 7) is 19.7. The second kappa shape index (κ2) is 11.2. The Morgan fingerprint density at radius 3 is 1.43 bits per heavy atom. The zero-order valence-electron chi connectivity index (χ0n) is 22.2. The average Bonchev–Trinajstić information content (AvgIpc) is 3.41. The van der Waals surface area contributed by atoms with E-state index in [1.54, 1.807) is 6.08 Å². The van der Waals surface area contributed by atoms with Crippen LogP contribution in [0.2, 0.25) is 0 Å². The molecule has 0 bridgehead atoms. The molecule has 0 radical (unpaired) electrons. The molecule has 0 aliphatic carbocycles. The number of carbonyl (C=O) groups excluding carboxylic acids is 1. The number of hydrogen-bond donors (Lipinski definition) is 3. The predicted molar refractivity (Wildman–Crippen MR) is 134 cm³/mol. The molecule has 0 aliphatic heterocycles. The number of hydrogen-bond acceptors (Lipinski definition) is 7. The lowest BCUT2D eigenvalue weighted by atomic mass is 9.89. The molecule has 0 saturated heterocycles. The first-order chi connectivity index (χ1) is 15.9. The van der Waals surface area contributed by atoms with Crippen molar-refractivity contribution < 1.29 is 18.4 Å². The number of allylic oxidation sites excluding steroid dienone is 1. The number of rotatable bonds is 2. The molecule has 0 spiro atoms. The SMILES string of the molecule is C/C=C/c1c(C(C)(C)C)[nH]oc1=O.CC(C)(C)c1[nH]oc(=O)c1C=O.CC(C)(C)c1cc(=O)o[nH]1. The topological polar surface area (TPSA) is 155 Å². The van der Waals surface area contributed by atoms with Gasteiger partial charge in [0.25, 0.3) is 0 Å². The normalized spacial score (nSPS) is 12.1. The number of nitrogens with one attached hydrogen (secondary N) is 3. The third kappa shape index (κ3) is 8.31. The zero-order valence-corrected chi connectivity index (χ0v) is 22.2. The molecule has 194 valence electrons. The number of carbonyl (C=O) groups is 1.